The molecule has 0 saturated carbocycles. The monoisotopic (exact) mass is 414 g/mol. The van der Waals surface area contributed by atoms with Gasteiger partial charge in [-0.15, -0.1) is 0 Å². The minimum absolute atomic E-state index is 0.114. The lowest BCUT2D eigenvalue weighted by atomic mass is 10.2. The Morgan fingerprint density at radius 2 is 1.92 bits per heavy atom. The molecule has 3 aromatic rings. The summed E-state index contributed by atoms with van der Waals surface area (Å²) >= 11 is 3.37. The van der Waals surface area contributed by atoms with Crippen molar-refractivity contribution in [1.82, 2.24) is 14.9 Å². The molecule has 2 N–H and O–H groups in total. The van der Waals surface area contributed by atoms with E-state index in [0.717, 1.165) is 10.2 Å². The average molecular weight is 415 g/mol. The van der Waals surface area contributed by atoms with E-state index in [0.29, 0.717) is 29.8 Å². The predicted octanol–water partition coefficient (Wildman–Crippen LogP) is 3.15. The van der Waals surface area contributed by atoms with Crippen molar-refractivity contribution in [2.75, 3.05) is 18.4 Å². The van der Waals surface area contributed by atoms with Crippen LogP contribution in [0.1, 0.15) is 12.7 Å². The topological polar surface area (TPSA) is 78.1 Å². The Hall–Kier alpha value is -2.51. The van der Waals surface area contributed by atoms with E-state index in [1.165, 1.54) is 0 Å². The van der Waals surface area contributed by atoms with Crippen LogP contribution in [0, 0.1) is 0 Å². The van der Waals surface area contributed by atoms with E-state index >= 15 is 0 Å². The molecule has 1 heterocycles. The maximum atomic E-state index is 12.3. The van der Waals surface area contributed by atoms with E-state index in [9.17, 15) is 9.59 Å². The molecule has 0 aliphatic rings. The largest absolute Gasteiger partial charge is 0.325 e. The third-order valence-corrected chi connectivity index (χ3v) is 4.51. The average Bonchev–Trinajstić information content (AvgIpc) is 2.63. The van der Waals surface area contributed by atoms with Crippen LogP contribution in [0.25, 0.3) is 10.9 Å². The van der Waals surface area contributed by atoms with Gasteiger partial charge in [0.05, 0.1) is 24.0 Å². The maximum Gasteiger partial charge on any atom is 0.258 e. The Labute approximate surface area is 159 Å². The Morgan fingerprint density at radius 3 is 2.65 bits per heavy atom. The summed E-state index contributed by atoms with van der Waals surface area (Å²) < 4.78 is 0.956. The number of nitrogens with one attached hydrogen (secondary N) is 2. The number of amides is 1. The summed E-state index contributed by atoms with van der Waals surface area (Å²) in [6, 6.07) is 14.6. The molecule has 7 heteroatoms. The summed E-state index contributed by atoms with van der Waals surface area (Å²) in [7, 11) is 0. The van der Waals surface area contributed by atoms with Crippen LogP contribution >= 0.6 is 15.9 Å². The standard InChI is InChI=1S/C19H19BrN4O2/c1-2-24(12-18(25)21-14-9-7-13(20)8-10-14)11-17-22-16-6-4-3-5-15(16)19(26)23-17/h3-10H,2,11-12H2,1H3,(H,21,25)(H,22,23,26). The Kier molecular flexibility index (Phi) is 5.80. The fraction of sp³-hybridized carbons (Fsp3) is 0.211. The van der Waals surface area contributed by atoms with Gasteiger partial charge in [-0.3, -0.25) is 14.5 Å². The minimum atomic E-state index is -0.166. The lowest BCUT2D eigenvalue weighted by Crippen LogP contribution is -2.33. The molecule has 3 rings (SSSR count). The number of aromatic amines is 1. The van der Waals surface area contributed by atoms with E-state index in [-0.39, 0.29) is 18.0 Å². The lowest BCUT2D eigenvalue weighted by Gasteiger charge is -2.19. The second-order valence-corrected chi connectivity index (χ2v) is 6.80. The number of fused-ring (bicyclic) bond motifs is 1. The van der Waals surface area contributed by atoms with Gasteiger partial charge in [0.2, 0.25) is 5.91 Å². The molecule has 1 amide bonds. The van der Waals surface area contributed by atoms with Crippen molar-refractivity contribution in [2.45, 2.75) is 13.5 Å². The normalized spacial score (nSPS) is 11.0. The molecule has 0 unspecified atom stereocenters. The highest BCUT2D eigenvalue weighted by Crippen LogP contribution is 2.14. The first-order chi connectivity index (χ1) is 12.5. The number of H-pyrrole nitrogens is 1. The smallest absolute Gasteiger partial charge is 0.258 e. The van der Waals surface area contributed by atoms with Gasteiger partial charge >= 0.3 is 0 Å². The van der Waals surface area contributed by atoms with Gasteiger partial charge in [-0.05, 0) is 42.9 Å². The molecule has 0 saturated heterocycles. The number of anilines is 1. The molecule has 0 radical (unpaired) electrons. The van der Waals surface area contributed by atoms with Crippen molar-refractivity contribution in [2.24, 2.45) is 0 Å². The highest BCUT2D eigenvalue weighted by molar-refractivity contribution is 9.10. The molecule has 0 aliphatic carbocycles. The molecule has 1 aromatic heterocycles. The lowest BCUT2D eigenvalue weighted by molar-refractivity contribution is -0.117. The summed E-state index contributed by atoms with van der Waals surface area (Å²) in [6.45, 7) is 3.23. The predicted molar refractivity (Wildman–Crippen MR) is 106 cm³/mol. The van der Waals surface area contributed by atoms with Crippen LogP contribution < -0.4 is 10.9 Å². The second-order valence-electron chi connectivity index (χ2n) is 5.89. The van der Waals surface area contributed by atoms with Crippen LogP contribution in [-0.4, -0.2) is 33.9 Å². The molecule has 6 nitrogen and oxygen atoms in total. The molecule has 0 fully saturated rings. The molecular weight excluding hydrogens is 396 g/mol. The van der Waals surface area contributed by atoms with E-state index in [1.54, 1.807) is 6.07 Å². The van der Waals surface area contributed by atoms with Crippen LogP contribution in [0.15, 0.2) is 57.8 Å². The summed E-state index contributed by atoms with van der Waals surface area (Å²) in [5, 5.41) is 3.43. The van der Waals surface area contributed by atoms with Crippen molar-refractivity contribution < 1.29 is 4.79 Å². The minimum Gasteiger partial charge on any atom is -0.325 e. The van der Waals surface area contributed by atoms with Crippen LogP contribution in [0.3, 0.4) is 0 Å². The fourth-order valence-electron chi connectivity index (χ4n) is 2.64. The fourth-order valence-corrected chi connectivity index (χ4v) is 2.90. The Balaban J connectivity index is 1.68. The number of carbonyl (C=O) groups is 1. The number of halogens is 1. The second kappa shape index (κ2) is 8.25. The molecule has 134 valence electrons. The van der Waals surface area contributed by atoms with Crippen molar-refractivity contribution >= 4 is 38.4 Å². The quantitative estimate of drug-likeness (QED) is 0.649. The van der Waals surface area contributed by atoms with Gasteiger partial charge in [0, 0.05) is 10.2 Å². The Bertz CT molecular complexity index is 969. The highest BCUT2D eigenvalue weighted by Gasteiger charge is 2.12. The number of rotatable bonds is 6. The zero-order valence-electron chi connectivity index (χ0n) is 14.3. The van der Waals surface area contributed by atoms with Crippen LogP contribution in [0.5, 0.6) is 0 Å². The molecule has 0 aliphatic heterocycles. The van der Waals surface area contributed by atoms with Gasteiger partial charge < -0.3 is 10.3 Å². The van der Waals surface area contributed by atoms with Gasteiger partial charge in [-0.1, -0.05) is 35.0 Å². The molecule has 0 bridgehead atoms. The first-order valence-electron chi connectivity index (χ1n) is 8.31. The SMILES string of the molecule is CCN(CC(=O)Nc1ccc(Br)cc1)Cc1nc2ccccc2c(=O)[nH]1. The first-order valence-corrected chi connectivity index (χ1v) is 9.10. The first kappa shape index (κ1) is 18.3. The van der Waals surface area contributed by atoms with Gasteiger partial charge in [-0.25, -0.2) is 4.98 Å². The van der Waals surface area contributed by atoms with Crippen LogP contribution in [0.4, 0.5) is 5.69 Å². The summed E-state index contributed by atoms with van der Waals surface area (Å²) in [6.07, 6.45) is 0. The van der Waals surface area contributed by atoms with Gasteiger partial charge in [0.1, 0.15) is 5.82 Å². The molecule has 2 aromatic carbocycles. The van der Waals surface area contributed by atoms with Crippen LogP contribution in [-0.2, 0) is 11.3 Å². The van der Waals surface area contributed by atoms with Gasteiger partial charge in [0.25, 0.3) is 5.56 Å². The number of aromatic nitrogens is 2. The summed E-state index contributed by atoms with van der Waals surface area (Å²) in [5.74, 6) is 0.435. The zero-order valence-corrected chi connectivity index (χ0v) is 15.9. The van der Waals surface area contributed by atoms with E-state index in [1.807, 2.05) is 54.3 Å². The van der Waals surface area contributed by atoms with Gasteiger partial charge in [-0.2, -0.15) is 0 Å². The number of hydrogen-bond donors (Lipinski definition) is 2. The summed E-state index contributed by atoms with van der Waals surface area (Å²) in [4.78, 5) is 33.6. The van der Waals surface area contributed by atoms with E-state index < -0.39 is 0 Å². The van der Waals surface area contributed by atoms with E-state index in [2.05, 4.69) is 31.2 Å². The number of para-hydroxylation sites is 1. The van der Waals surface area contributed by atoms with Crippen molar-refractivity contribution in [3.8, 4) is 0 Å². The van der Waals surface area contributed by atoms with Crippen molar-refractivity contribution in [3.05, 3.63) is 69.2 Å². The number of nitrogens with zero attached hydrogens (tertiary/aromatic N) is 2. The molecule has 26 heavy (non-hydrogen) atoms. The number of likely N-dealkylation sites (N-methyl/N-ethyl adjacent to an activating group) is 1. The number of carbonyl (C=O) groups excluding carboxylic acids is 1. The molecule has 0 atom stereocenters. The Morgan fingerprint density at radius 1 is 1.19 bits per heavy atom. The third kappa shape index (κ3) is 4.56. The van der Waals surface area contributed by atoms with Crippen molar-refractivity contribution in [3.63, 3.8) is 0 Å². The summed E-state index contributed by atoms with van der Waals surface area (Å²) in [5.41, 5.74) is 1.23. The maximum absolute atomic E-state index is 12.3. The highest BCUT2D eigenvalue weighted by atomic mass is 79.9. The third-order valence-electron chi connectivity index (χ3n) is 3.98. The molecular formula is C19H19BrN4O2. The zero-order chi connectivity index (χ0) is 18.5. The van der Waals surface area contributed by atoms with E-state index in [4.69, 9.17) is 0 Å². The molecule has 0 spiro atoms. The number of hydrogen-bond acceptors (Lipinski definition) is 4. The van der Waals surface area contributed by atoms with Gasteiger partial charge in [0.15, 0.2) is 0 Å². The van der Waals surface area contributed by atoms with Crippen LogP contribution in [0.2, 0.25) is 0 Å². The van der Waals surface area contributed by atoms with Crippen molar-refractivity contribution in [1.29, 1.82) is 0 Å². The number of benzene rings is 2.